The first-order valence-electron chi connectivity index (χ1n) is 6.14. The summed E-state index contributed by atoms with van der Waals surface area (Å²) in [5.74, 6) is -0.289. The molecule has 20 heavy (non-hydrogen) atoms. The van der Waals surface area contributed by atoms with Gasteiger partial charge in [-0.3, -0.25) is 0 Å². The van der Waals surface area contributed by atoms with E-state index < -0.39 is 11.8 Å². The van der Waals surface area contributed by atoms with Crippen LogP contribution in [0.4, 0.5) is 15.9 Å². The van der Waals surface area contributed by atoms with Crippen molar-refractivity contribution >= 4 is 17.5 Å². The highest BCUT2D eigenvalue weighted by molar-refractivity contribution is 5.95. The summed E-state index contributed by atoms with van der Waals surface area (Å²) in [6, 6.07) is 6.14. The van der Waals surface area contributed by atoms with Gasteiger partial charge in [0, 0.05) is 6.20 Å². The topological polar surface area (TPSA) is 64.1 Å². The number of ether oxygens (including phenoxy) is 1. The van der Waals surface area contributed by atoms with Gasteiger partial charge in [0.2, 0.25) is 0 Å². The van der Waals surface area contributed by atoms with Crippen LogP contribution in [0.25, 0.3) is 0 Å². The standard InChI is InChI=1S/C14H14FN3O2/c1-3-20-14(19)10-8-16-9(2)17-13(10)18-12-7-5-4-6-11(12)15/h4-8H,3H2,1-2H3,(H,16,17,18). The molecule has 1 N–H and O–H groups in total. The third-order valence-electron chi connectivity index (χ3n) is 2.53. The number of esters is 1. The highest BCUT2D eigenvalue weighted by atomic mass is 19.1. The summed E-state index contributed by atoms with van der Waals surface area (Å²) < 4.78 is 18.6. The zero-order valence-electron chi connectivity index (χ0n) is 11.2. The Kier molecular flexibility index (Phi) is 4.24. The summed E-state index contributed by atoms with van der Waals surface area (Å²) in [6.07, 6.45) is 1.36. The number of para-hydroxylation sites is 1. The Morgan fingerprint density at radius 1 is 1.40 bits per heavy atom. The van der Waals surface area contributed by atoms with Crippen LogP contribution in [0.15, 0.2) is 30.5 Å². The lowest BCUT2D eigenvalue weighted by Crippen LogP contribution is -2.11. The second-order valence-electron chi connectivity index (χ2n) is 4.00. The summed E-state index contributed by atoms with van der Waals surface area (Å²) >= 11 is 0. The molecular formula is C14H14FN3O2. The zero-order valence-corrected chi connectivity index (χ0v) is 11.2. The molecule has 0 unspecified atom stereocenters. The van der Waals surface area contributed by atoms with Crippen LogP contribution in [-0.4, -0.2) is 22.5 Å². The molecule has 6 heteroatoms. The van der Waals surface area contributed by atoms with E-state index >= 15 is 0 Å². The second kappa shape index (κ2) is 6.10. The first kappa shape index (κ1) is 13.9. The molecule has 0 saturated carbocycles. The maximum absolute atomic E-state index is 13.6. The number of rotatable bonds is 4. The number of benzene rings is 1. The number of carbonyl (C=O) groups is 1. The van der Waals surface area contributed by atoms with Gasteiger partial charge in [-0.1, -0.05) is 12.1 Å². The molecule has 0 atom stereocenters. The molecule has 0 saturated heterocycles. The maximum Gasteiger partial charge on any atom is 0.343 e. The van der Waals surface area contributed by atoms with Crippen molar-refractivity contribution in [2.45, 2.75) is 13.8 Å². The van der Waals surface area contributed by atoms with E-state index in [1.165, 1.54) is 12.3 Å². The molecule has 104 valence electrons. The number of aromatic nitrogens is 2. The number of hydrogen-bond donors (Lipinski definition) is 1. The normalized spacial score (nSPS) is 10.2. The molecule has 1 heterocycles. The minimum Gasteiger partial charge on any atom is -0.462 e. The molecule has 5 nitrogen and oxygen atoms in total. The number of hydrogen-bond acceptors (Lipinski definition) is 5. The number of halogens is 1. The highest BCUT2D eigenvalue weighted by Gasteiger charge is 2.16. The van der Waals surface area contributed by atoms with Gasteiger partial charge in [-0.05, 0) is 26.0 Å². The summed E-state index contributed by atoms with van der Waals surface area (Å²) in [4.78, 5) is 19.9. The monoisotopic (exact) mass is 275 g/mol. The van der Waals surface area contributed by atoms with E-state index in [0.717, 1.165) is 0 Å². The smallest absolute Gasteiger partial charge is 0.343 e. The van der Waals surface area contributed by atoms with Gasteiger partial charge in [0.25, 0.3) is 0 Å². The van der Waals surface area contributed by atoms with Crippen molar-refractivity contribution < 1.29 is 13.9 Å². The molecule has 0 aliphatic carbocycles. The van der Waals surface area contributed by atoms with Crippen molar-refractivity contribution in [3.8, 4) is 0 Å². The molecule has 0 radical (unpaired) electrons. The fraction of sp³-hybridized carbons (Fsp3) is 0.214. The number of nitrogens with zero attached hydrogens (tertiary/aromatic N) is 2. The Bertz CT molecular complexity index is 632. The summed E-state index contributed by atoms with van der Waals surface area (Å²) in [5.41, 5.74) is 0.400. The van der Waals surface area contributed by atoms with E-state index in [9.17, 15) is 9.18 Å². The minimum atomic E-state index is -0.550. The third kappa shape index (κ3) is 3.09. The van der Waals surface area contributed by atoms with Gasteiger partial charge in [0.1, 0.15) is 23.0 Å². The lowest BCUT2D eigenvalue weighted by Gasteiger charge is -2.11. The Balaban J connectivity index is 2.37. The Morgan fingerprint density at radius 3 is 2.85 bits per heavy atom. The minimum absolute atomic E-state index is 0.167. The lowest BCUT2D eigenvalue weighted by molar-refractivity contribution is 0.0526. The molecule has 2 rings (SSSR count). The van der Waals surface area contributed by atoms with Crippen LogP contribution in [0.2, 0.25) is 0 Å². The molecule has 1 aromatic carbocycles. The van der Waals surface area contributed by atoms with Crippen LogP contribution in [-0.2, 0) is 4.74 Å². The Morgan fingerprint density at radius 2 is 2.15 bits per heavy atom. The zero-order chi connectivity index (χ0) is 14.5. The SMILES string of the molecule is CCOC(=O)c1cnc(C)nc1Nc1ccccc1F. The van der Waals surface area contributed by atoms with Gasteiger partial charge in [-0.15, -0.1) is 0 Å². The molecule has 0 aliphatic rings. The molecule has 1 aromatic heterocycles. The molecule has 0 fully saturated rings. The van der Waals surface area contributed by atoms with Crippen LogP contribution in [0.5, 0.6) is 0 Å². The molecule has 0 spiro atoms. The fourth-order valence-corrected chi connectivity index (χ4v) is 1.61. The van der Waals surface area contributed by atoms with Gasteiger partial charge in [-0.25, -0.2) is 19.2 Å². The maximum atomic E-state index is 13.6. The van der Waals surface area contributed by atoms with Crippen LogP contribution in [0, 0.1) is 12.7 Å². The summed E-state index contributed by atoms with van der Waals surface area (Å²) in [5, 5.41) is 2.79. The van der Waals surface area contributed by atoms with Crippen molar-refractivity contribution in [3.63, 3.8) is 0 Å². The number of anilines is 2. The molecule has 2 aromatic rings. The predicted molar refractivity (Wildman–Crippen MR) is 72.4 cm³/mol. The van der Waals surface area contributed by atoms with Crippen molar-refractivity contribution in [2.75, 3.05) is 11.9 Å². The van der Waals surface area contributed by atoms with Crippen LogP contribution < -0.4 is 5.32 Å². The summed E-state index contributed by atoms with van der Waals surface area (Å²) in [6.45, 7) is 3.63. The molecular weight excluding hydrogens is 261 g/mol. The Labute approximate surface area is 115 Å². The van der Waals surface area contributed by atoms with Gasteiger partial charge >= 0.3 is 5.97 Å². The second-order valence-corrected chi connectivity index (χ2v) is 4.00. The van der Waals surface area contributed by atoms with Gasteiger partial charge < -0.3 is 10.1 Å². The van der Waals surface area contributed by atoms with Crippen LogP contribution in [0.3, 0.4) is 0 Å². The van der Waals surface area contributed by atoms with Crippen LogP contribution >= 0.6 is 0 Å². The third-order valence-corrected chi connectivity index (χ3v) is 2.53. The van der Waals surface area contributed by atoms with E-state index in [1.54, 1.807) is 32.0 Å². The largest absolute Gasteiger partial charge is 0.462 e. The van der Waals surface area contributed by atoms with E-state index in [2.05, 4.69) is 15.3 Å². The first-order valence-corrected chi connectivity index (χ1v) is 6.14. The Hall–Kier alpha value is -2.50. The van der Waals surface area contributed by atoms with E-state index in [-0.39, 0.29) is 23.7 Å². The van der Waals surface area contributed by atoms with Gasteiger partial charge in [0.15, 0.2) is 0 Å². The van der Waals surface area contributed by atoms with Crippen molar-refractivity contribution in [2.24, 2.45) is 0 Å². The van der Waals surface area contributed by atoms with Crippen molar-refractivity contribution in [1.29, 1.82) is 0 Å². The van der Waals surface area contributed by atoms with E-state index in [1.807, 2.05) is 0 Å². The average molecular weight is 275 g/mol. The molecule has 0 aliphatic heterocycles. The number of nitrogens with one attached hydrogen (secondary N) is 1. The fourth-order valence-electron chi connectivity index (χ4n) is 1.61. The molecule has 0 amide bonds. The van der Waals surface area contributed by atoms with Crippen LogP contribution in [0.1, 0.15) is 23.1 Å². The number of aryl methyl sites for hydroxylation is 1. The number of carbonyl (C=O) groups excluding carboxylic acids is 1. The van der Waals surface area contributed by atoms with E-state index in [4.69, 9.17) is 4.74 Å². The van der Waals surface area contributed by atoms with Crippen molar-refractivity contribution in [3.05, 3.63) is 47.7 Å². The average Bonchev–Trinajstić information content (AvgIpc) is 2.42. The van der Waals surface area contributed by atoms with Crippen molar-refractivity contribution in [1.82, 2.24) is 9.97 Å². The predicted octanol–water partition coefficient (Wildman–Crippen LogP) is 2.84. The first-order chi connectivity index (χ1) is 9.61. The lowest BCUT2D eigenvalue weighted by atomic mass is 10.2. The van der Waals surface area contributed by atoms with Gasteiger partial charge in [0.05, 0.1) is 12.3 Å². The van der Waals surface area contributed by atoms with Gasteiger partial charge in [-0.2, -0.15) is 0 Å². The molecule has 0 bridgehead atoms. The van der Waals surface area contributed by atoms with E-state index in [0.29, 0.717) is 5.82 Å². The quantitative estimate of drug-likeness (QED) is 0.869. The highest BCUT2D eigenvalue weighted by Crippen LogP contribution is 2.21. The summed E-state index contributed by atoms with van der Waals surface area (Å²) in [7, 11) is 0.